The first-order valence-corrected chi connectivity index (χ1v) is 15.0. The number of hydrogen-bond donors (Lipinski definition) is 2. The van der Waals surface area contributed by atoms with Gasteiger partial charge < -0.3 is 20.1 Å². The molecule has 6 rings (SSSR count). The lowest BCUT2D eigenvalue weighted by molar-refractivity contribution is -0.152. The van der Waals surface area contributed by atoms with Crippen LogP contribution in [0.5, 0.6) is 5.75 Å². The number of morpholine rings is 1. The Morgan fingerprint density at radius 1 is 1.14 bits per heavy atom. The van der Waals surface area contributed by atoms with E-state index in [1.807, 2.05) is 6.08 Å². The van der Waals surface area contributed by atoms with Gasteiger partial charge in [0, 0.05) is 42.3 Å². The van der Waals surface area contributed by atoms with Crippen LogP contribution >= 0.6 is 11.6 Å². The van der Waals surface area contributed by atoms with Gasteiger partial charge in [0.25, 0.3) is 0 Å². The van der Waals surface area contributed by atoms with E-state index in [2.05, 4.69) is 30.4 Å². The SMILES string of the molecule is O=C(C=CCN1CCC(N2CCOC(=O)C2)CC1)Nc1cc2c(Nc3ccc(F)c(Cl)c3)ncnc2cc1OCC1CC1. The molecule has 10 nitrogen and oxygen atoms in total. The van der Waals surface area contributed by atoms with Gasteiger partial charge in [-0.1, -0.05) is 17.7 Å². The van der Waals surface area contributed by atoms with Crippen molar-refractivity contribution in [2.45, 2.75) is 31.7 Å². The first kappa shape index (κ1) is 29.3. The van der Waals surface area contributed by atoms with Crippen molar-refractivity contribution in [3.05, 3.63) is 59.7 Å². The molecular formula is C31H34ClFN6O4. The topological polar surface area (TPSA) is 109 Å². The molecule has 1 amide bonds. The summed E-state index contributed by atoms with van der Waals surface area (Å²) in [7, 11) is 0. The standard InChI is InChI=1S/C31H34ClFN6O4/c32-24-14-21(5-6-25(24)33)36-31-23-15-27(28(43-18-20-3-4-20)16-26(23)34-19-35-31)37-29(40)2-1-9-38-10-7-22(8-11-38)39-12-13-42-30(41)17-39/h1-2,5-6,14-16,19-20,22H,3-4,7-13,17-18H2,(H,37,40)(H,34,35,36). The largest absolute Gasteiger partial charge is 0.491 e. The van der Waals surface area contributed by atoms with E-state index in [0.717, 1.165) is 45.3 Å². The van der Waals surface area contributed by atoms with Crippen LogP contribution in [0.3, 0.4) is 0 Å². The van der Waals surface area contributed by atoms with Gasteiger partial charge in [-0.2, -0.15) is 0 Å². The molecule has 0 spiro atoms. The number of benzene rings is 2. The number of fused-ring (bicyclic) bond motifs is 1. The van der Waals surface area contributed by atoms with E-state index >= 15 is 0 Å². The molecule has 226 valence electrons. The number of nitrogens with zero attached hydrogens (tertiary/aromatic N) is 4. The number of cyclic esters (lactones) is 1. The number of carbonyl (C=O) groups is 2. The van der Waals surface area contributed by atoms with Crippen LogP contribution in [0.1, 0.15) is 25.7 Å². The molecule has 0 unspecified atom stereocenters. The number of esters is 1. The number of anilines is 3. The molecule has 12 heteroatoms. The van der Waals surface area contributed by atoms with Gasteiger partial charge >= 0.3 is 5.97 Å². The number of aromatic nitrogens is 2. The van der Waals surface area contributed by atoms with E-state index in [4.69, 9.17) is 21.1 Å². The minimum absolute atomic E-state index is 0.00294. The number of rotatable bonds is 10. The maximum Gasteiger partial charge on any atom is 0.320 e. The smallest absolute Gasteiger partial charge is 0.320 e. The zero-order chi connectivity index (χ0) is 29.8. The molecule has 2 saturated heterocycles. The Balaban J connectivity index is 1.12. The van der Waals surface area contributed by atoms with Crippen molar-refractivity contribution >= 4 is 51.6 Å². The number of hydrogen-bond acceptors (Lipinski definition) is 9. The lowest BCUT2D eigenvalue weighted by atomic mass is 10.0. The van der Waals surface area contributed by atoms with E-state index in [9.17, 15) is 14.0 Å². The van der Waals surface area contributed by atoms with E-state index in [0.29, 0.717) is 72.1 Å². The van der Waals surface area contributed by atoms with Gasteiger partial charge in [0.2, 0.25) is 5.91 Å². The Bertz CT molecular complexity index is 1530. The van der Waals surface area contributed by atoms with Gasteiger partial charge in [0.05, 0.1) is 29.4 Å². The van der Waals surface area contributed by atoms with Crippen LogP contribution in [-0.4, -0.2) is 83.6 Å². The minimum Gasteiger partial charge on any atom is -0.491 e. The van der Waals surface area contributed by atoms with Crippen molar-refractivity contribution in [3.63, 3.8) is 0 Å². The average Bonchev–Trinajstić information content (AvgIpc) is 3.83. The van der Waals surface area contributed by atoms with Gasteiger partial charge in [-0.15, -0.1) is 0 Å². The van der Waals surface area contributed by atoms with Crippen LogP contribution in [-0.2, 0) is 14.3 Å². The number of carbonyl (C=O) groups excluding carboxylic acids is 2. The molecule has 1 saturated carbocycles. The molecule has 3 aliphatic rings. The fourth-order valence-electron chi connectivity index (χ4n) is 5.43. The Labute approximate surface area is 254 Å². The lowest BCUT2D eigenvalue weighted by Gasteiger charge is -2.39. The van der Waals surface area contributed by atoms with Gasteiger partial charge in [-0.25, -0.2) is 14.4 Å². The second-order valence-corrected chi connectivity index (χ2v) is 11.6. The Kier molecular flexibility index (Phi) is 9.01. The highest BCUT2D eigenvalue weighted by atomic mass is 35.5. The van der Waals surface area contributed by atoms with Crippen LogP contribution in [0.4, 0.5) is 21.6 Å². The monoisotopic (exact) mass is 608 g/mol. The van der Waals surface area contributed by atoms with Crippen LogP contribution in [0.2, 0.25) is 5.02 Å². The van der Waals surface area contributed by atoms with E-state index in [1.54, 1.807) is 24.3 Å². The first-order chi connectivity index (χ1) is 20.9. The molecule has 1 aromatic heterocycles. The highest BCUT2D eigenvalue weighted by Gasteiger charge is 2.28. The van der Waals surface area contributed by atoms with Crippen LogP contribution < -0.4 is 15.4 Å². The Hall–Kier alpha value is -3.80. The summed E-state index contributed by atoms with van der Waals surface area (Å²) in [6.07, 6.45) is 9.08. The van der Waals surface area contributed by atoms with Crippen LogP contribution in [0.25, 0.3) is 10.9 Å². The highest BCUT2D eigenvalue weighted by molar-refractivity contribution is 6.31. The Morgan fingerprint density at radius 3 is 2.74 bits per heavy atom. The fraction of sp³-hybridized carbons (Fsp3) is 0.419. The third kappa shape index (κ3) is 7.59. The molecule has 0 bridgehead atoms. The predicted molar refractivity (Wildman–Crippen MR) is 162 cm³/mol. The molecule has 0 atom stereocenters. The number of halogens is 2. The number of piperidine rings is 1. The van der Waals surface area contributed by atoms with E-state index in [-0.39, 0.29) is 16.9 Å². The van der Waals surface area contributed by atoms with Crippen molar-refractivity contribution in [3.8, 4) is 5.75 Å². The summed E-state index contributed by atoms with van der Waals surface area (Å²) in [4.78, 5) is 37.9. The third-order valence-electron chi connectivity index (χ3n) is 8.03. The summed E-state index contributed by atoms with van der Waals surface area (Å²) in [5.41, 5.74) is 1.71. The third-order valence-corrected chi connectivity index (χ3v) is 8.32. The zero-order valence-electron chi connectivity index (χ0n) is 23.7. The Morgan fingerprint density at radius 2 is 1.98 bits per heavy atom. The maximum absolute atomic E-state index is 13.7. The fourth-order valence-corrected chi connectivity index (χ4v) is 5.61. The van der Waals surface area contributed by atoms with Crippen molar-refractivity contribution in [1.29, 1.82) is 0 Å². The number of likely N-dealkylation sites (tertiary alicyclic amines) is 1. The van der Waals surface area contributed by atoms with Gasteiger partial charge in [0.1, 0.15) is 30.3 Å². The quantitative estimate of drug-likeness (QED) is 0.248. The summed E-state index contributed by atoms with van der Waals surface area (Å²) in [6.45, 7) is 4.67. The molecule has 2 aromatic carbocycles. The summed E-state index contributed by atoms with van der Waals surface area (Å²) in [5.74, 6) is 0.627. The second-order valence-electron chi connectivity index (χ2n) is 11.2. The highest BCUT2D eigenvalue weighted by Crippen LogP contribution is 2.36. The van der Waals surface area contributed by atoms with Crippen molar-refractivity contribution in [2.24, 2.45) is 5.92 Å². The molecule has 3 heterocycles. The number of ether oxygens (including phenoxy) is 2. The molecular weight excluding hydrogens is 575 g/mol. The van der Waals surface area contributed by atoms with Gasteiger partial charge in [-0.05, 0) is 69.0 Å². The van der Waals surface area contributed by atoms with Crippen LogP contribution in [0.15, 0.2) is 48.8 Å². The van der Waals surface area contributed by atoms with Crippen molar-refractivity contribution in [2.75, 3.05) is 56.6 Å². The maximum atomic E-state index is 13.7. The predicted octanol–water partition coefficient (Wildman–Crippen LogP) is 4.77. The van der Waals surface area contributed by atoms with Crippen LogP contribution in [0, 0.1) is 11.7 Å². The molecule has 1 aliphatic carbocycles. The number of amides is 1. The summed E-state index contributed by atoms with van der Waals surface area (Å²) < 4.78 is 24.8. The summed E-state index contributed by atoms with van der Waals surface area (Å²) in [5, 5.41) is 6.80. The molecule has 0 radical (unpaired) electrons. The average molecular weight is 609 g/mol. The van der Waals surface area contributed by atoms with Gasteiger partial charge in [-0.3, -0.25) is 19.4 Å². The molecule has 3 aromatic rings. The minimum atomic E-state index is -0.509. The summed E-state index contributed by atoms with van der Waals surface area (Å²) in [6, 6.07) is 8.32. The molecule has 2 N–H and O–H groups in total. The van der Waals surface area contributed by atoms with Gasteiger partial charge in [0.15, 0.2) is 0 Å². The number of nitrogens with one attached hydrogen (secondary N) is 2. The zero-order valence-corrected chi connectivity index (χ0v) is 24.5. The molecule has 3 fully saturated rings. The van der Waals surface area contributed by atoms with Crippen molar-refractivity contribution in [1.82, 2.24) is 19.8 Å². The first-order valence-electron chi connectivity index (χ1n) is 14.6. The summed E-state index contributed by atoms with van der Waals surface area (Å²) >= 11 is 5.96. The second kappa shape index (κ2) is 13.2. The lowest BCUT2D eigenvalue weighted by Crippen LogP contribution is -2.50. The molecule has 2 aliphatic heterocycles. The normalized spacial score (nSPS) is 18.6. The van der Waals surface area contributed by atoms with E-state index in [1.165, 1.54) is 18.5 Å². The molecule has 43 heavy (non-hydrogen) atoms. The van der Waals surface area contributed by atoms with Crippen molar-refractivity contribution < 1.29 is 23.5 Å². The van der Waals surface area contributed by atoms with E-state index < -0.39 is 5.82 Å².